The van der Waals surface area contributed by atoms with Crippen LogP contribution in [0.4, 0.5) is 15.9 Å². The van der Waals surface area contributed by atoms with E-state index in [4.69, 9.17) is 11.6 Å². The zero-order valence-corrected chi connectivity index (χ0v) is 12.9. The maximum absolute atomic E-state index is 13.5. The van der Waals surface area contributed by atoms with Crippen molar-refractivity contribution in [2.24, 2.45) is 0 Å². The van der Waals surface area contributed by atoms with E-state index in [-0.39, 0.29) is 5.82 Å². The van der Waals surface area contributed by atoms with E-state index in [1.807, 2.05) is 17.9 Å². The maximum atomic E-state index is 13.5. The molecule has 2 heterocycles. The van der Waals surface area contributed by atoms with Gasteiger partial charge in [-0.3, -0.25) is 0 Å². The van der Waals surface area contributed by atoms with Gasteiger partial charge in [-0.05, 0) is 37.5 Å². The molecular weight excluding hydrogens is 289 g/mol. The molecule has 0 spiro atoms. The van der Waals surface area contributed by atoms with Gasteiger partial charge in [0.1, 0.15) is 22.6 Å². The summed E-state index contributed by atoms with van der Waals surface area (Å²) in [5, 5.41) is 0.480. The van der Waals surface area contributed by atoms with Crippen molar-refractivity contribution >= 4 is 23.1 Å². The molecule has 1 aromatic heterocycles. The molecule has 1 aromatic carbocycles. The summed E-state index contributed by atoms with van der Waals surface area (Å²) in [5.74, 6) is 1.31. The van der Waals surface area contributed by atoms with Gasteiger partial charge in [-0.15, -0.1) is 0 Å². The highest BCUT2D eigenvalue weighted by atomic mass is 35.5. The first-order valence-corrected chi connectivity index (χ1v) is 7.57. The largest absolute Gasteiger partial charge is 0.325 e. The summed E-state index contributed by atoms with van der Waals surface area (Å²) in [7, 11) is 0. The lowest BCUT2D eigenvalue weighted by Crippen LogP contribution is -2.18. The van der Waals surface area contributed by atoms with Gasteiger partial charge in [0.05, 0.1) is 0 Å². The van der Waals surface area contributed by atoms with Gasteiger partial charge in [-0.2, -0.15) is 0 Å². The van der Waals surface area contributed by atoms with E-state index in [1.165, 1.54) is 6.07 Å². The van der Waals surface area contributed by atoms with Crippen LogP contribution in [-0.4, -0.2) is 16.5 Å². The molecule has 3 nitrogen and oxygen atoms in total. The number of nitrogens with zero attached hydrogens (tertiary/aromatic N) is 3. The molecule has 0 aliphatic carbocycles. The van der Waals surface area contributed by atoms with Crippen molar-refractivity contribution in [2.45, 2.75) is 33.1 Å². The average molecular weight is 306 g/mol. The highest BCUT2D eigenvalue weighted by Crippen LogP contribution is 2.36. The van der Waals surface area contributed by atoms with Gasteiger partial charge in [0.25, 0.3) is 0 Å². The number of aromatic nitrogens is 2. The van der Waals surface area contributed by atoms with Crippen molar-refractivity contribution in [2.75, 3.05) is 11.4 Å². The first-order chi connectivity index (χ1) is 10.1. The SMILES string of the molecule is CCCc1nc(Cl)c(C)c(N2CCc3ccc(F)cc32)n1. The van der Waals surface area contributed by atoms with Crippen LogP contribution in [0.1, 0.15) is 30.3 Å². The molecule has 110 valence electrons. The third-order valence-electron chi connectivity index (χ3n) is 3.78. The zero-order valence-electron chi connectivity index (χ0n) is 12.2. The number of halogens is 2. The number of hydrogen-bond donors (Lipinski definition) is 0. The summed E-state index contributed by atoms with van der Waals surface area (Å²) in [6.45, 7) is 4.78. The Labute approximate surface area is 128 Å². The van der Waals surface area contributed by atoms with Crippen LogP contribution >= 0.6 is 11.6 Å². The van der Waals surface area contributed by atoms with Gasteiger partial charge in [0, 0.05) is 24.2 Å². The van der Waals surface area contributed by atoms with E-state index in [0.717, 1.165) is 54.3 Å². The van der Waals surface area contributed by atoms with Crippen LogP contribution < -0.4 is 4.90 Å². The predicted octanol–water partition coefficient (Wildman–Crippen LogP) is 4.22. The first-order valence-electron chi connectivity index (χ1n) is 7.19. The second-order valence-electron chi connectivity index (χ2n) is 5.30. The molecule has 0 N–H and O–H groups in total. The Morgan fingerprint density at radius 1 is 1.33 bits per heavy atom. The molecule has 5 heteroatoms. The average Bonchev–Trinajstić information content (AvgIpc) is 2.86. The minimum absolute atomic E-state index is 0.229. The molecule has 0 fully saturated rings. The number of hydrogen-bond acceptors (Lipinski definition) is 3. The van der Waals surface area contributed by atoms with E-state index >= 15 is 0 Å². The number of benzene rings is 1. The molecule has 0 radical (unpaired) electrons. The topological polar surface area (TPSA) is 29.0 Å². The zero-order chi connectivity index (χ0) is 15.0. The van der Waals surface area contributed by atoms with Crippen molar-refractivity contribution in [3.05, 3.63) is 46.1 Å². The van der Waals surface area contributed by atoms with E-state index in [0.29, 0.717) is 5.15 Å². The summed E-state index contributed by atoms with van der Waals surface area (Å²) >= 11 is 6.24. The first kappa shape index (κ1) is 14.3. The summed E-state index contributed by atoms with van der Waals surface area (Å²) < 4.78 is 13.5. The fourth-order valence-electron chi connectivity index (χ4n) is 2.69. The van der Waals surface area contributed by atoms with Crippen LogP contribution in [0.2, 0.25) is 5.15 Å². The quantitative estimate of drug-likeness (QED) is 0.795. The van der Waals surface area contributed by atoms with E-state index < -0.39 is 0 Å². The Balaban J connectivity index is 2.08. The second-order valence-corrected chi connectivity index (χ2v) is 5.66. The smallest absolute Gasteiger partial charge is 0.141 e. The van der Waals surface area contributed by atoms with Crippen molar-refractivity contribution < 1.29 is 4.39 Å². The Hall–Kier alpha value is -1.68. The van der Waals surface area contributed by atoms with Gasteiger partial charge in [-0.1, -0.05) is 24.6 Å². The van der Waals surface area contributed by atoms with Crippen LogP contribution in [-0.2, 0) is 12.8 Å². The third kappa shape index (κ3) is 2.60. The van der Waals surface area contributed by atoms with Crippen molar-refractivity contribution in [1.29, 1.82) is 0 Å². The molecule has 2 aromatic rings. The third-order valence-corrected chi connectivity index (χ3v) is 4.15. The van der Waals surface area contributed by atoms with Crippen LogP contribution in [0, 0.1) is 12.7 Å². The van der Waals surface area contributed by atoms with Gasteiger partial charge >= 0.3 is 0 Å². The molecular formula is C16H17ClFN3. The van der Waals surface area contributed by atoms with Crippen LogP contribution in [0.5, 0.6) is 0 Å². The summed E-state index contributed by atoms with van der Waals surface area (Å²) in [6.07, 6.45) is 2.64. The summed E-state index contributed by atoms with van der Waals surface area (Å²) in [6, 6.07) is 4.91. The molecule has 0 amide bonds. The normalized spacial score (nSPS) is 13.6. The van der Waals surface area contributed by atoms with Gasteiger partial charge < -0.3 is 4.90 Å². The minimum atomic E-state index is -0.229. The van der Waals surface area contributed by atoms with Gasteiger partial charge in [-0.25, -0.2) is 14.4 Å². The highest BCUT2D eigenvalue weighted by Gasteiger charge is 2.24. The van der Waals surface area contributed by atoms with E-state index in [2.05, 4.69) is 16.9 Å². The van der Waals surface area contributed by atoms with Crippen LogP contribution in [0.3, 0.4) is 0 Å². The fourth-order valence-corrected chi connectivity index (χ4v) is 2.87. The molecule has 0 bridgehead atoms. The predicted molar refractivity (Wildman–Crippen MR) is 82.9 cm³/mol. The molecule has 21 heavy (non-hydrogen) atoms. The van der Waals surface area contributed by atoms with Gasteiger partial charge in [0.2, 0.25) is 0 Å². The number of aryl methyl sites for hydroxylation is 1. The Bertz CT molecular complexity index is 687. The van der Waals surface area contributed by atoms with E-state index in [9.17, 15) is 4.39 Å². The highest BCUT2D eigenvalue weighted by molar-refractivity contribution is 6.30. The molecule has 0 atom stereocenters. The second kappa shape index (κ2) is 5.60. The van der Waals surface area contributed by atoms with Crippen LogP contribution in [0.15, 0.2) is 18.2 Å². The number of fused-ring (bicyclic) bond motifs is 1. The molecule has 3 rings (SSSR count). The van der Waals surface area contributed by atoms with Crippen molar-refractivity contribution in [3.8, 4) is 0 Å². The van der Waals surface area contributed by atoms with Crippen molar-refractivity contribution in [3.63, 3.8) is 0 Å². The lowest BCUT2D eigenvalue weighted by atomic mass is 10.1. The standard InChI is InChI=1S/C16H17ClFN3/c1-3-4-14-19-15(17)10(2)16(20-14)21-8-7-11-5-6-12(18)9-13(11)21/h5-6,9H,3-4,7-8H2,1-2H3. The van der Waals surface area contributed by atoms with Crippen LogP contribution in [0.25, 0.3) is 0 Å². The minimum Gasteiger partial charge on any atom is -0.325 e. The Morgan fingerprint density at radius 3 is 2.90 bits per heavy atom. The lowest BCUT2D eigenvalue weighted by Gasteiger charge is -2.21. The summed E-state index contributed by atoms with van der Waals surface area (Å²) in [5.41, 5.74) is 2.87. The fraction of sp³-hybridized carbons (Fsp3) is 0.375. The Morgan fingerprint density at radius 2 is 2.14 bits per heavy atom. The van der Waals surface area contributed by atoms with E-state index in [1.54, 1.807) is 6.07 Å². The maximum Gasteiger partial charge on any atom is 0.141 e. The molecule has 0 saturated carbocycles. The van der Waals surface area contributed by atoms with Gasteiger partial charge in [0.15, 0.2) is 0 Å². The summed E-state index contributed by atoms with van der Waals surface area (Å²) in [4.78, 5) is 11.0. The molecule has 0 unspecified atom stereocenters. The number of anilines is 2. The molecule has 1 aliphatic rings. The number of rotatable bonds is 3. The van der Waals surface area contributed by atoms with Crippen molar-refractivity contribution in [1.82, 2.24) is 9.97 Å². The molecule has 1 aliphatic heterocycles. The lowest BCUT2D eigenvalue weighted by molar-refractivity contribution is 0.628. The Kier molecular flexibility index (Phi) is 3.81. The molecule has 0 saturated heterocycles. The monoisotopic (exact) mass is 305 g/mol.